The first-order valence-corrected chi connectivity index (χ1v) is 18.9. The van der Waals surface area contributed by atoms with Crippen LogP contribution in [0.25, 0.3) is 56.2 Å². The number of para-hydroxylation sites is 9. The molecule has 1 aliphatic heterocycles. The fourth-order valence-electron chi connectivity index (χ4n) is 8.49. The lowest BCUT2D eigenvalue weighted by Crippen LogP contribution is -2.30. The SMILES string of the molecule is Cc1ccccc1N1c2ccccc2N(C)C1c1cc(-c2nc3ccccc3n2-c2ccccc2C)cc(-c2nc3ccccc3n2-c2ccccc2C)c1. The third-order valence-corrected chi connectivity index (χ3v) is 11.1. The maximum atomic E-state index is 5.40. The van der Waals surface area contributed by atoms with Crippen LogP contribution in [0.5, 0.6) is 0 Å². The first-order valence-electron chi connectivity index (χ1n) is 18.9. The quantitative estimate of drug-likeness (QED) is 0.172. The van der Waals surface area contributed by atoms with Crippen molar-refractivity contribution in [2.45, 2.75) is 26.9 Å². The van der Waals surface area contributed by atoms with Crippen LogP contribution < -0.4 is 9.80 Å². The molecule has 0 fully saturated rings. The van der Waals surface area contributed by atoms with Crippen LogP contribution in [-0.2, 0) is 0 Å². The van der Waals surface area contributed by atoms with Gasteiger partial charge in [0.2, 0.25) is 0 Å². The highest BCUT2D eigenvalue weighted by Crippen LogP contribution is 2.51. The van der Waals surface area contributed by atoms with Crippen LogP contribution in [0.1, 0.15) is 28.4 Å². The molecule has 6 nitrogen and oxygen atoms in total. The summed E-state index contributed by atoms with van der Waals surface area (Å²) in [7, 11) is 2.21. The molecule has 266 valence electrons. The summed E-state index contributed by atoms with van der Waals surface area (Å²) in [6, 6.07) is 58.4. The fraction of sp³-hybridized carbons (Fsp3) is 0.102. The molecule has 0 N–H and O–H groups in total. The lowest BCUT2D eigenvalue weighted by Gasteiger charge is -2.33. The summed E-state index contributed by atoms with van der Waals surface area (Å²) in [5.41, 5.74) is 16.5. The Morgan fingerprint density at radius 3 is 1.31 bits per heavy atom. The normalized spacial score (nSPS) is 13.9. The summed E-state index contributed by atoms with van der Waals surface area (Å²) in [6.45, 7) is 6.54. The van der Waals surface area contributed by atoms with Gasteiger partial charge < -0.3 is 9.80 Å². The number of imidazole rings is 2. The third kappa shape index (κ3) is 5.24. The Morgan fingerprint density at radius 1 is 0.418 bits per heavy atom. The van der Waals surface area contributed by atoms with Crippen LogP contribution in [0, 0.1) is 20.8 Å². The molecular formula is C49H40N6. The lowest BCUT2D eigenvalue weighted by molar-refractivity contribution is 0.717. The van der Waals surface area contributed by atoms with Crippen molar-refractivity contribution < 1.29 is 0 Å². The second kappa shape index (κ2) is 12.9. The summed E-state index contributed by atoms with van der Waals surface area (Å²) in [5.74, 6) is 1.77. The fourth-order valence-corrected chi connectivity index (χ4v) is 8.49. The Balaban J connectivity index is 1.30. The summed E-state index contributed by atoms with van der Waals surface area (Å²) in [5, 5.41) is 0. The van der Waals surface area contributed by atoms with Gasteiger partial charge in [-0.3, -0.25) is 9.13 Å². The standard InChI is InChI=1S/C49H40N6/c1-32-17-5-10-22-40(32)53-43-25-13-8-20-38(43)50-47(53)35-29-36(48-51-39-21-9-14-26-44(39)54(48)41-23-11-6-18-33(41)2)31-37(30-35)49-52(4)45-27-15-16-28-46(45)55(49)42-24-12-7-19-34(42)3/h5-31,49H,1-4H3. The minimum absolute atomic E-state index is 0.148. The summed E-state index contributed by atoms with van der Waals surface area (Å²) in [4.78, 5) is 15.7. The maximum Gasteiger partial charge on any atom is 0.145 e. The van der Waals surface area contributed by atoms with Gasteiger partial charge in [0.05, 0.1) is 44.8 Å². The highest BCUT2D eigenvalue weighted by Gasteiger charge is 2.37. The predicted octanol–water partition coefficient (Wildman–Crippen LogP) is 11.9. The van der Waals surface area contributed by atoms with Crippen molar-refractivity contribution in [2.24, 2.45) is 0 Å². The van der Waals surface area contributed by atoms with E-state index in [0.29, 0.717) is 0 Å². The molecule has 0 saturated heterocycles. The number of hydrogen-bond donors (Lipinski definition) is 0. The van der Waals surface area contributed by atoms with Gasteiger partial charge in [-0.05, 0) is 116 Å². The van der Waals surface area contributed by atoms with Crippen molar-refractivity contribution in [3.63, 3.8) is 0 Å². The molecule has 0 saturated carbocycles. The van der Waals surface area contributed by atoms with Gasteiger partial charge in [-0.2, -0.15) is 0 Å². The van der Waals surface area contributed by atoms with Gasteiger partial charge in [0.25, 0.3) is 0 Å². The van der Waals surface area contributed by atoms with E-state index >= 15 is 0 Å². The zero-order chi connectivity index (χ0) is 37.2. The lowest BCUT2D eigenvalue weighted by atomic mass is 10.0. The molecule has 1 atom stereocenters. The first-order chi connectivity index (χ1) is 27.0. The van der Waals surface area contributed by atoms with Crippen LogP contribution in [0.4, 0.5) is 17.1 Å². The van der Waals surface area contributed by atoms with Gasteiger partial charge in [0.1, 0.15) is 17.8 Å². The number of aromatic nitrogens is 4. The maximum absolute atomic E-state index is 5.40. The molecule has 1 aliphatic rings. The number of anilines is 3. The summed E-state index contributed by atoms with van der Waals surface area (Å²) in [6.07, 6.45) is -0.148. The number of aryl methyl sites for hydroxylation is 3. The van der Waals surface area contributed by atoms with E-state index in [4.69, 9.17) is 9.97 Å². The number of hydrogen-bond acceptors (Lipinski definition) is 4. The summed E-state index contributed by atoms with van der Waals surface area (Å²) >= 11 is 0. The molecule has 9 aromatic rings. The van der Waals surface area contributed by atoms with Crippen LogP contribution in [0.15, 0.2) is 164 Å². The molecule has 3 heterocycles. The third-order valence-electron chi connectivity index (χ3n) is 11.1. The van der Waals surface area contributed by atoms with E-state index in [2.05, 4.69) is 211 Å². The second-order valence-corrected chi connectivity index (χ2v) is 14.6. The van der Waals surface area contributed by atoms with Gasteiger partial charge in [-0.15, -0.1) is 0 Å². The molecule has 7 aromatic carbocycles. The van der Waals surface area contributed by atoms with E-state index in [9.17, 15) is 0 Å². The smallest absolute Gasteiger partial charge is 0.145 e. The second-order valence-electron chi connectivity index (χ2n) is 14.6. The highest BCUT2D eigenvalue weighted by atomic mass is 15.4. The molecule has 0 aliphatic carbocycles. The van der Waals surface area contributed by atoms with Crippen molar-refractivity contribution >= 4 is 39.1 Å². The molecule has 0 amide bonds. The number of rotatable bonds is 6. The van der Waals surface area contributed by atoms with E-state index in [1.54, 1.807) is 0 Å². The van der Waals surface area contributed by atoms with Crippen LogP contribution in [0.2, 0.25) is 0 Å². The average molecular weight is 713 g/mol. The highest BCUT2D eigenvalue weighted by molar-refractivity contribution is 5.89. The largest absolute Gasteiger partial charge is 0.349 e. The molecule has 1 unspecified atom stereocenters. The molecule has 2 aromatic heterocycles. The molecule has 6 heteroatoms. The van der Waals surface area contributed by atoms with Crippen LogP contribution >= 0.6 is 0 Å². The molecule has 10 rings (SSSR count). The Hall–Kier alpha value is -6.92. The van der Waals surface area contributed by atoms with Gasteiger partial charge in [0, 0.05) is 23.9 Å². The molecule has 55 heavy (non-hydrogen) atoms. The van der Waals surface area contributed by atoms with E-state index < -0.39 is 0 Å². The Kier molecular flexibility index (Phi) is 7.66. The monoisotopic (exact) mass is 712 g/mol. The Bertz CT molecular complexity index is 2770. The zero-order valence-corrected chi connectivity index (χ0v) is 31.3. The van der Waals surface area contributed by atoms with Gasteiger partial charge >= 0.3 is 0 Å². The van der Waals surface area contributed by atoms with Crippen molar-refractivity contribution in [3.8, 4) is 34.2 Å². The van der Waals surface area contributed by atoms with E-state index in [-0.39, 0.29) is 6.17 Å². The zero-order valence-electron chi connectivity index (χ0n) is 31.3. The Morgan fingerprint density at radius 2 is 0.818 bits per heavy atom. The summed E-state index contributed by atoms with van der Waals surface area (Å²) < 4.78 is 4.65. The van der Waals surface area contributed by atoms with E-state index in [1.165, 1.54) is 33.8 Å². The van der Waals surface area contributed by atoms with Crippen molar-refractivity contribution in [1.29, 1.82) is 0 Å². The number of fused-ring (bicyclic) bond motifs is 3. The van der Waals surface area contributed by atoms with E-state index in [0.717, 1.165) is 61.8 Å². The minimum Gasteiger partial charge on any atom is -0.349 e. The number of benzene rings is 7. The van der Waals surface area contributed by atoms with Crippen molar-refractivity contribution in [1.82, 2.24) is 19.1 Å². The molecule has 0 spiro atoms. The van der Waals surface area contributed by atoms with E-state index in [1.807, 2.05) is 0 Å². The van der Waals surface area contributed by atoms with Crippen LogP contribution in [-0.4, -0.2) is 26.1 Å². The van der Waals surface area contributed by atoms with Crippen molar-refractivity contribution in [3.05, 3.63) is 186 Å². The Labute approximate surface area is 321 Å². The van der Waals surface area contributed by atoms with Gasteiger partial charge in [-0.25, -0.2) is 9.97 Å². The van der Waals surface area contributed by atoms with Crippen LogP contribution in [0.3, 0.4) is 0 Å². The molecule has 0 radical (unpaired) electrons. The topological polar surface area (TPSA) is 42.1 Å². The molecular weight excluding hydrogens is 673 g/mol. The molecule has 0 bridgehead atoms. The minimum atomic E-state index is -0.148. The first kappa shape index (κ1) is 32.7. The number of nitrogens with zero attached hydrogens (tertiary/aromatic N) is 6. The van der Waals surface area contributed by atoms with Gasteiger partial charge in [0.15, 0.2) is 0 Å². The van der Waals surface area contributed by atoms with Crippen molar-refractivity contribution in [2.75, 3.05) is 16.8 Å². The average Bonchev–Trinajstić information content (AvgIpc) is 3.88. The van der Waals surface area contributed by atoms with Gasteiger partial charge in [-0.1, -0.05) is 91.0 Å². The predicted molar refractivity (Wildman–Crippen MR) is 227 cm³/mol.